The van der Waals surface area contributed by atoms with Crippen molar-refractivity contribution in [3.05, 3.63) is 53.8 Å². The van der Waals surface area contributed by atoms with Crippen LogP contribution in [-0.4, -0.2) is 75.4 Å². The standard InChI is InChI=1S/C23H25FN4O5S/c1-16(29)25-14-20-15-28(23(30)33-20)19-6-7-21(22(24)12-19)18-4-2-17(3-5-18)13-26-27-8-10-34(31,32)11-9-27/h2-7,12-13,20H,8-11,14-15H2,1H3,(H,25,29)/t20-/m0/s1. The van der Waals surface area contributed by atoms with Gasteiger partial charge in [0.15, 0.2) is 9.84 Å². The number of ether oxygens (including phenoxy) is 1. The van der Waals surface area contributed by atoms with Gasteiger partial charge in [-0.2, -0.15) is 5.10 Å². The number of hydrogen-bond acceptors (Lipinski definition) is 7. The summed E-state index contributed by atoms with van der Waals surface area (Å²) in [5.41, 5.74) is 2.23. The molecule has 9 nitrogen and oxygen atoms in total. The van der Waals surface area contributed by atoms with Crippen molar-refractivity contribution in [1.29, 1.82) is 0 Å². The van der Waals surface area contributed by atoms with Crippen molar-refractivity contribution in [3.8, 4) is 11.1 Å². The molecule has 2 aromatic carbocycles. The van der Waals surface area contributed by atoms with E-state index in [2.05, 4.69) is 10.4 Å². The van der Waals surface area contributed by atoms with Gasteiger partial charge >= 0.3 is 6.09 Å². The maximum atomic E-state index is 14.9. The number of cyclic esters (lactones) is 1. The number of carbonyl (C=O) groups excluding carboxylic acids is 2. The Morgan fingerprint density at radius 1 is 1.21 bits per heavy atom. The molecule has 0 spiro atoms. The van der Waals surface area contributed by atoms with Crippen LogP contribution in [0.2, 0.25) is 0 Å². The fraction of sp³-hybridized carbons (Fsp3) is 0.348. The van der Waals surface area contributed by atoms with E-state index >= 15 is 0 Å². The van der Waals surface area contributed by atoms with E-state index in [4.69, 9.17) is 4.74 Å². The van der Waals surface area contributed by atoms with E-state index in [1.807, 2.05) is 0 Å². The minimum absolute atomic E-state index is 0.101. The van der Waals surface area contributed by atoms with Gasteiger partial charge in [0.25, 0.3) is 0 Å². The number of hydrazone groups is 1. The van der Waals surface area contributed by atoms with Gasteiger partial charge in [-0.05, 0) is 29.3 Å². The first-order chi connectivity index (χ1) is 16.2. The lowest BCUT2D eigenvalue weighted by Gasteiger charge is -2.23. The van der Waals surface area contributed by atoms with E-state index in [9.17, 15) is 22.4 Å². The van der Waals surface area contributed by atoms with Gasteiger partial charge < -0.3 is 10.1 Å². The molecular weight excluding hydrogens is 463 g/mol. The maximum Gasteiger partial charge on any atom is 0.414 e. The smallest absolute Gasteiger partial charge is 0.414 e. The number of nitrogens with zero attached hydrogens (tertiary/aromatic N) is 3. The van der Waals surface area contributed by atoms with E-state index in [1.54, 1.807) is 47.6 Å². The minimum atomic E-state index is -2.95. The second-order valence-corrected chi connectivity index (χ2v) is 10.5. The maximum absolute atomic E-state index is 14.9. The second kappa shape index (κ2) is 9.80. The Morgan fingerprint density at radius 3 is 2.56 bits per heavy atom. The number of amides is 2. The van der Waals surface area contributed by atoms with Crippen LogP contribution in [0.15, 0.2) is 47.6 Å². The molecular formula is C23H25FN4O5S. The molecule has 1 atom stereocenters. The first kappa shape index (κ1) is 23.7. The monoisotopic (exact) mass is 488 g/mol. The quantitative estimate of drug-likeness (QED) is 0.624. The molecule has 1 N–H and O–H groups in total. The van der Waals surface area contributed by atoms with E-state index in [0.29, 0.717) is 29.9 Å². The molecule has 4 rings (SSSR count). The average Bonchev–Trinajstić information content (AvgIpc) is 3.18. The SMILES string of the molecule is CC(=O)NC[C@H]1CN(c2ccc(-c3ccc(C=NN4CCS(=O)(=O)CC4)cc3)c(F)c2)C(=O)O1. The zero-order valence-corrected chi connectivity index (χ0v) is 19.4. The van der Waals surface area contributed by atoms with Crippen molar-refractivity contribution in [2.45, 2.75) is 13.0 Å². The summed E-state index contributed by atoms with van der Waals surface area (Å²) in [7, 11) is -2.95. The van der Waals surface area contributed by atoms with Crippen LogP contribution >= 0.6 is 0 Å². The number of hydrogen-bond donors (Lipinski definition) is 1. The third kappa shape index (κ3) is 5.71. The summed E-state index contributed by atoms with van der Waals surface area (Å²) in [6, 6.07) is 11.7. The molecule has 0 aliphatic carbocycles. The lowest BCUT2D eigenvalue weighted by atomic mass is 10.0. The average molecular weight is 489 g/mol. The van der Waals surface area contributed by atoms with E-state index < -0.39 is 27.9 Å². The number of rotatable bonds is 6. The van der Waals surface area contributed by atoms with Gasteiger partial charge in [0, 0.05) is 12.5 Å². The highest BCUT2D eigenvalue weighted by Crippen LogP contribution is 2.29. The normalized spacial score (nSPS) is 19.9. The van der Waals surface area contributed by atoms with Gasteiger partial charge in [0.05, 0.1) is 49.6 Å². The zero-order chi connectivity index (χ0) is 24.3. The number of anilines is 1. The Hall–Kier alpha value is -3.47. The van der Waals surface area contributed by atoms with Gasteiger partial charge in [-0.15, -0.1) is 0 Å². The van der Waals surface area contributed by atoms with Crippen LogP contribution in [0.3, 0.4) is 0 Å². The lowest BCUT2D eigenvalue weighted by Crippen LogP contribution is -2.37. The Morgan fingerprint density at radius 2 is 1.91 bits per heavy atom. The number of nitrogens with one attached hydrogen (secondary N) is 1. The first-order valence-electron chi connectivity index (χ1n) is 10.8. The molecule has 2 fully saturated rings. The molecule has 2 amide bonds. The van der Waals surface area contributed by atoms with Crippen molar-refractivity contribution in [1.82, 2.24) is 10.3 Å². The Labute approximate surface area is 197 Å². The number of carbonyl (C=O) groups is 2. The Bertz CT molecular complexity index is 1200. The molecule has 0 aromatic heterocycles. The summed E-state index contributed by atoms with van der Waals surface area (Å²) in [6.07, 6.45) is 0.567. The largest absolute Gasteiger partial charge is 0.442 e. The van der Waals surface area contributed by atoms with E-state index in [1.165, 1.54) is 17.9 Å². The van der Waals surface area contributed by atoms with Crippen molar-refractivity contribution in [2.24, 2.45) is 5.10 Å². The van der Waals surface area contributed by atoms with Gasteiger partial charge in [-0.1, -0.05) is 24.3 Å². The van der Waals surface area contributed by atoms with Crippen molar-refractivity contribution >= 4 is 33.7 Å². The second-order valence-electron chi connectivity index (χ2n) is 8.19. The van der Waals surface area contributed by atoms with Crippen LogP contribution in [0.5, 0.6) is 0 Å². The summed E-state index contributed by atoms with van der Waals surface area (Å²) < 4.78 is 43.1. The molecule has 2 heterocycles. The Balaban J connectivity index is 1.40. The van der Waals surface area contributed by atoms with Gasteiger partial charge in [0.1, 0.15) is 11.9 Å². The lowest BCUT2D eigenvalue weighted by molar-refractivity contribution is -0.119. The van der Waals surface area contributed by atoms with Crippen LogP contribution in [0.1, 0.15) is 12.5 Å². The first-order valence-corrected chi connectivity index (χ1v) is 12.6. The molecule has 2 aliphatic rings. The van der Waals surface area contributed by atoms with Gasteiger partial charge in [0.2, 0.25) is 5.91 Å². The fourth-order valence-electron chi connectivity index (χ4n) is 3.72. The third-order valence-corrected chi connectivity index (χ3v) is 7.24. The van der Waals surface area contributed by atoms with Crippen molar-refractivity contribution in [3.63, 3.8) is 0 Å². The number of sulfone groups is 1. The van der Waals surface area contributed by atoms with Crippen LogP contribution < -0.4 is 10.2 Å². The molecule has 0 unspecified atom stereocenters. The van der Waals surface area contributed by atoms with Gasteiger partial charge in [-0.3, -0.25) is 14.7 Å². The summed E-state index contributed by atoms with van der Waals surface area (Å²) in [4.78, 5) is 24.6. The molecule has 2 saturated heterocycles. The fourth-order valence-corrected chi connectivity index (χ4v) is 4.90. The summed E-state index contributed by atoms with van der Waals surface area (Å²) >= 11 is 0. The molecule has 0 radical (unpaired) electrons. The highest BCUT2D eigenvalue weighted by Gasteiger charge is 2.32. The molecule has 2 aromatic rings. The molecule has 0 saturated carbocycles. The highest BCUT2D eigenvalue weighted by atomic mass is 32.2. The number of halogens is 1. The molecule has 11 heteroatoms. The minimum Gasteiger partial charge on any atom is -0.442 e. The molecule has 34 heavy (non-hydrogen) atoms. The highest BCUT2D eigenvalue weighted by molar-refractivity contribution is 7.91. The summed E-state index contributed by atoms with van der Waals surface area (Å²) in [5, 5.41) is 8.65. The van der Waals surface area contributed by atoms with Crippen molar-refractivity contribution < 1.29 is 27.1 Å². The van der Waals surface area contributed by atoms with Crippen LogP contribution in [-0.2, 0) is 19.4 Å². The molecule has 2 aliphatic heterocycles. The Kier molecular flexibility index (Phi) is 6.82. The van der Waals surface area contributed by atoms with Crippen LogP contribution in [0.25, 0.3) is 11.1 Å². The predicted molar refractivity (Wildman–Crippen MR) is 126 cm³/mol. The van der Waals surface area contributed by atoms with Crippen molar-refractivity contribution in [2.75, 3.05) is 42.6 Å². The number of benzene rings is 2. The van der Waals surface area contributed by atoms with Crippen LogP contribution in [0.4, 0.5) is 14.9 Å². The van der Waals surface area contributed by atoms with E-state index in [0.717, 1.165) is 5.56 Å². The zero-order valence-electron chi connectivity index (χ0n) is 18.6. The van der Waals surface area contributed by atoms with Crippen LogP contribution in [0, 0.1) is 5.82 Å². The summed E-state index contributed by atoms with van der Waals surface area (Å²) in [6.45, 7) is 2.53. The van der Waals surface area contributed by atoms with E-state index in [-0.39, 0.29) is 30.5 Å². The molecule has 180 valence electrons. The molecule has 0 bridgehead atoms. The summed E-state index contributed by atoms with van der Waals surface area (Å²) in [5.74, 6) is -0.497. The van der Waals surface area contributed by atoms with Gasteiger partial charge in [-0.25, -0.2) is 17.6 Å². The predicted octanol–water partition coefficient (Wildman–Crippen LogP) is 2.02. The topological polar surface area (TPSA) is 108 Å². The third-order valence-electron chi connectivity index (χ3n) is 5.63.